The van der Waals surface area contributed by atoms with E-state index in [-0.39, 0.29) is 35.6 Å². The summed E-state index contributed by atoms with van der Waals surface area (Å²) in [5.41, 5.74) is 3.60. The molecule has 0 bridgehead atoms. The molecule has 0 amide bonds. The molecule has 1 aliphatic carbocycles. The van der Waals surface area contributed by atoms with Crippen LogP contribution in [0, 0.1) is 11.7 Å². The molecule has 0 saturated heterocycles. The lowest BCUT2D eigenvalue weighted by Gasteiger charge is -2.35. The summed E-state index contributed by atoms with van der Waals surface area (Å²) in [6, 6.07) is 19.1. The predicted octanol–water partition coefficient (Wildman–Crippen LogP) is 9.08. The highest BCUT2D eigenvalue weighted by Gasteiger charge is 2.36. The summed E-state index contributed by atoms with van der Waals surface area (Å²) in [6.45, 7) is 5.75. The Labute approximate surface area is 256 Å². The van der Waals surface area contributed by atoms with Gasteiger partial charge in [-0.05, 0) is 74.8 Å². The number of aromatic hydroxyl groups is 1. The maximum absolute atomic E-state index is 16.3. The summed E-state index contributed by atoms with van der Waals surface area (Å²) in [4.78, 5) is 0. The fourth-order valence-electron chi connectivity index (χ4n) is 7.21. The average Bonchev–Trinajstić information content (AvgIpc) is 3.03. The molecule has 3 aromatic rings. The van der Waals surface area contributed by atoms with Crippen molar-refractivity contribution < 1.29 is 28.4 Å². The van der Waals surface area contributed by atoms with Gasteiger partial charge in [-0.25, -0.2) is 4.39 Å². The Morgan fingerprint density at radius 2 is 1.56 bits per heavy atom. The molecule has 232 valence electrons. The van der Waals surface area contributed by atoms with E-state index in [2.05, 4.69) is 12.1 Å². The Kier molecular flexibility index (Phi) is 11.0. The molecule has 1 fully saturated rings. The summed E-state index contributed by atoms with van der Waals surface area (Å²) >= 11 is 0. The van der Waals surface area contributed by atoms with Crippen LogP contribution in [0.1, 0.15) is 105 Å². The second-order valence-corrected chi connectivity index (χ2v) is 11.9. The number of hydrogen-bond donors (Lipinski definition) is 1. The van der Waals surface area contributed by atoms with Crippen LogP contribution in [-0.4, -0.2) is 38.3 Å². The van der Waals surface area contributed by atoms with Gasteiger partial charge in [-0.15, -0.1) is 0 Å². The van der Waals surface area contributed by atoms with E-state index in [4.69, 9.17) is 18.9 Å². The molecule has 4 atom stereocenters. The fraction of sp³-hybridized carbons (Fsp3) is 0.514. The van der Waals surface area contributed by atoms with Crippen LogP contribution in [0.15, 0.2) is 60.7 Å². The zero-order chi connectivity index (χ0) is 30.2. The van der Waals surface area contributed by atoms with Crippen LogP contribution in [0.25, 0.3) is 0 Å². The van der Waals surface area contributed by atoms with Gasteiger partial charge in [0.05, 0.1) is 13.7 Å². The Hall–Kier alpha value is -3.09. The molecule has 5 rings (SSSR count). The van der Waals surface area contributed by atoms with Crippen LogP contribution < -0.4 is 9.47 Å². The third kappa shape index (κ3) is 7.35. The van der Waals surface area contributed by atoms with Crippen molar-refractivity contribution in [1.29, 1.82) is 0 Å². The van der Waals surface area contributed by atoms with Crippen molar-refractivity contribution in [3.05, 3.63) is 88.7 Å². The number of methoxy groups -OCH3 is 1. The number of ether oxygens (including phenoxy) is 4. The number of hydrogen-bond acceptors (Lipinski definition) is 5. The minimum Gasteiger partial charge on any atom is -0.508 e. The second kappa shape index (κ2) is 15.1. The number of phenolic OH excluding ortho intramolecular Hbond substituents is 1. The van der Waals surface area contributed by atoms with E-state index in [1.54, 1.807) is 25.3 Å². The summed E-state index contributed by atoms with van der Waals surface area (Å²) in [5.74, 6) is 1.57. The van der Waals surface area contributed by atoms with Gasteiger partial charge in [0, 0.05) is 48.2 Å². The molecule has 2 aliphatic rings. The molecule has 1 heterocycles. The van der Waals surface area contributed by atoms with Gasteiger partial charge in [-0.3, -0.25) is 0 Å². The zero-order valence-corrected chi connectivity index (χ0v) is 25.9. The summed E-state index contributed by atoms with van der Waals surface area (Å²) in [6.07, 6.45) is 8.19. The van der Waals surface area contributed by atoms with Crippen molar-refractivity contribution in [2.45, 2.75) is 89.3 Å². The molecular weight excluding hydrogens is 543 g/mol. The first-order valence-corrected chi connectivity index (χ1v) is 16.1. The Morgan fingerprint density at radius 3 is 2.30 bits per heavy atom. The quantitative estimate of drug-likeness (QED) is 0.252. The molecule has 1 saturated carbocycles. The summed E-state index contributed by atoms with van der Waals surface area (Å²) in [7, 11) is 1.68. The van der Waals surface area contributed by atoms with Gasteiger partial charge in [0.15, 0.2) is 6.29 Å². The molecule has 0 aromatic heterocycles. The number of fused-ring (bicyclic) bond motifs is 1. The molecule has 43 heavy (non-hydrogen) atoms. The van der Waals surface area contributed by atoms with Gasteiger partial charge in [-0.1, -0.05) is 62.1 Å². The maximum atomic E-state index is 16.3. The van der Waals surface area contributed by atoms with Crippen LogP contribution in [-0.2, 0) is 9.47 Å². The smallest absolute Gasteiger partial charge is 0.160 e. The van der Waals surface area contributed by atoms with Gasteiger partial charge >= 0.3 is 0 Å². The highest BCUT2D eigenvalue weighted by Crippen LogP contribution is 2.50. The lowest BCUT2D eigenvalue weighted by Crippen LogP contribution is -2.28. The van der Waals surface area contributed by atoms with E-state index >= 15 is 4.39 Å². The first-order valence-electron chi connectivity index (χ1n) is 16.1. The Bertz CT molecular complexity index is 1310. The van der Waals surface area contributed by atoms with Crippen LogP contribution in [0.4, 0.5) is 4.39 Å². The van der Waals surface area contributed by atoms with E-state index in [1.165, 1.54) is 0 Å². The van der Waals surface area contributed by atoms with Gasteiger partial charge in [0.2, 0.25) is 0 Å². The molecular formula is C37H47FO5. The standard InChI is InChI=1S/C37H47FO5/c1-4-41-37(42-5-2)27-16-11-7-8-13-25(17-12-18-27)30-23-34(40-3)31(22-33(30)38)36-29-20-19-28(39)21-35(29)43-24-32(36)26-14-9-6-10-15-26/h6,9-10,14-15,19-23,25,27,32,36-37,39H,4-5,7-8,11-13,16-18,24H2,1-3H3/t25?,27?,32-,36+/m1/s1. The Balaban J connectivity index is 1.46. The Morgan fingerprint density at radius 1 is 0.837 bits per heavy atom. The van der Waals surface area contributed by atoms with Crippen molar-refractivity contribution in [2.24, 2.45) is 5.92 Å². The lowest BCUT2D eigenvalue weighted by molar-refractivity contribution is -0.170. The summed E-state index contributed by atoms with van der Waals surface area (Å²) in [5, 5.41) is 10.2. The molecule has 2 unspecified atom stereocenters. The van der Waals surface area contributed by atoms with Gasteiger partial charge < -0.3 is 24.1 Å². The first kappa shape index (κ1) is 31.3. The van der Waals surface area contributed by atoms with Gasteiger partial charge in [0.1, 0.15) is 23.1 Å². The fourth-order valence-corrected chi connectivity index (χ4v) is 7.21. The number of phenols is 1. The zero-order valence-electron chi connectivity index (χ0n) is 25.9. The molecule has 0 radical (unpaired) electrons. The van der Waals surface area contributed by atoms with E-state index < -0.39 is 0 Å². The molecule has 1 N–H and O–H groups in total. The van der Waals surface area contributed by atoms with Crippen LogP contribution in [0.2, 0.25) is 0 Å². The van der Waals surface area contributed by atoms with Gasteiger partial charge in [0.25, 0.3) is 0 Å². The van der Waals surface area contributed by atoms with Crippen molar-refractivity contribution in [2.75, 3.05) is 26.9 Å². The van der Waals surface area contributed by atoms with E-state index in [9.17, 15) is 5.11 Å². The minimum atomic E-state index is -0.191. The SMILES string of the molecule is CCOC(OCC)C1CCCCCC(c2cc(OC)c([C@@H]3c4ccc(O)cc4OC[C@@H]3c3ccccc3)cc2F)CCC1. The van der Waals surface area contributed by atoms with Crippen molar-refractivity contribution in [3.8, 4) is 17.2 Å². The van der Waals surface area contributed by atoms with Crippen molar-refractivity contribution in [1.82, 2.24) is 0 Å². The highest BCUT2D eigenvalue weighted by molar-refractivity contribution is 5.54. The second-order valence-electron chi connectivity index (χ2n) is 11.9. The molecule has 6 heteroatoms. The number of halogens is 1. The third-order valence-electron chi connectivity index (χ3n) is 9.31. The van der Waals surface area contributed by atoms with E-state index in [0.29, 0.717) is 37.2 Å². The first-order chi connectivity index (χ1) is 21.0. The van der Waals surface area contributed by atoms with Crippen LogP contribution in [0.5, 0.6) is 17.2 Å². The monoisotopic (exact) mass is 590 g/mol. The molecule has 3 aromatic carbocycles. The molecule has 5 nitrogen and oxygen atoms in total. The van der Waals surface area contributed by atoms with Crippen molar-refractivity contribution >= 4 is 0 Å². The predicted molar refractivity (Wildman–Crippen MR) is 168 cm³/mol. The summed E-state index contributed by atoms with van der Waals surface area (Å²) < 4.78 is 40.4. The van der Waals surface area contributed by atoms with Crippen molar-refractivity contribution in [3.63, 3.8) is 0 Å². The largest absolute Gasteiger partial charge is 0.508 e. The van der Waals surface area contributed by atoms with Gasteiger partial charge in [-0.2, -0.15) is 0 Å². The third-order valence-corrected chi connectivity index (χ3v) is 9.31. The maximum Gasteiger partial charge on any atom is 0.160 e. The van der Waals surface area contributed by atoms with Crippen LogP contribution >= 0.6 is 0 Å². The van der Waals surface area contributed by atoms with E-state index in [1.807, 2.05) is 44.2 Å². The van der Waals surface area contributed by atoms with E-state index in [0.717, 1.165) is 73.6 Å². The number of benzene rings is 3. The average molecular weight is 591 g/mol. The highest BCUT2D eigenvalue weighted by atomic mass is 19.1. The van der Waals surface area contributed by atoms with Crippen LogP contribution in [0.3, 0.4) is 0 Å². The minimum absolute atomic E-state index is 0.0355. The molecule has 1 aliphatic heterocycles. The molecule has 0 spiro atoms. The normalized spacial score (nSPS) is 22.9. The topological polar surface area (TPSA) is 57.2 Å². The lowest BCUT2D eigenvalue weighted by atomic mass is 9.74. The number of rotatable bonds is 9.